The predicted octanol–water partition coefficient (Wildman–Crippen LogP) is 3.67. The maximum absolute atomic E-state index is 14.5. The van der Waals surface area contributed by atoms with Crippen molar-refractivity contribution >= 4 is 11.6 Å². The molecule has 2 N–H and O–H groups in total. The molecule has 0 saturated carbocycles. The SMILES string of the molecule is COc1cccc(F)c1C1=NC(=O)c2c(-c3c(F)cccc3OC)[nH]c(O)c21. The van der Waals surface area contributed by atoms with Crippen LogP contribution in [0.5, 0.6) is 17.4 Å². The molecule has 2 aromatic carbocycles. The minimum absolute atomic E-state index is 0.00139. The highest BCUT2D eigenvalue weighted by Gasteiger charge is 2.37. The van der Waals surface area contributed by atoms with E-state index in [1.807, 2.05) is 0 Å². The lowest BCUT2D eigenvalue weighted by molar-refractivity contribution is 0.101. The molecule has 0 fully saturated rings. The van der Waals surface area contributed by atoms with Gasteiger partial charge in [0, 0.05) is 0 Å². The van der Waals surface area contributed by atoms with E-state index in [9.17, 15) is 18.7 Å². The monoisotopic (exact) mass is 384 g/mol. The van der Waals surface area contributed by atoms with E-state index in [-0.39, 0.29) is 45.2 Å². The molecule has 0 aliphatic carbocycles. The number of nitrogens with one attached hydrogen (secondary N) is 1. The lowest BCUT2D eigenvalue weighted by atomic mass is 9.98. The Hall–Kier alpha value is -3.68. The maximum atomic E-state index is 14.5. The Morgan fingerprint density at radius 1 is 0.893 bits per heavy atom. The Morgan fingerprint density at radius 3 is 2.07 bits per heavy atom. The average Bonchev–Trinajstić information content (AvgIpc) is 3.19. The molecule has 0 bridgehead atoms. The molecule has 142 valence electrons. The Bertz CT molecular complexity index is 1150. The van der Waals surface area contributed by atoms with E-state index in [0.29, 0.717) is 0 Å². The molecule has 1 amide bonds. The van der Waals surface area contributed by atoms with Crippen LogP contribution < -0.4 is 9.47 Å². The molecule has 1 aromatic heterocycles. The minimum atomic E-state index is -0.743. The Morgan fingerprint density at radius 2 is 1.46 bits per heavy atom. The molecule has 0 radical (unpaired) electrons. The highest BCUT2D eigenvalue weighted by Crippen LogP contribution is 2.43. The van der Waals surface area contributed by atoms with Crippen LogP contribution in [-0.2, 0) is 0 Å². The Kier molecular flexibility index (Phi) is 4.11. The topological polar surface area (TPSA) is 83.9 Å². The summed E-state index contributed by atoms with van der Waals surface area (Å²) < 4.78 is 39.4. The fraction of sp³-hybridized carbons (Fsp3) is 0.100. The number of hydrogen-bond donors (Lipinski definition) is 2. The van der Waals surface area contributed by atoms with Crippen LogP contribution in [-0.4, -0.2) is 35.9 Å². The quantitative estimate of drug-likeness (QED) is 0.719. The predicted molar refractivity (Wildman–Crippen MR) is 97.3 cm³/mol. The van der Waals surface area contributed by atoms with Crippen molar-refractivity contribution in [3.05, 3.63) is 64.7 Å². The number of aliphatic imine (C=N–C) groups is 1. The fourth-order valence-corrected chi connectivity index (χ4v) is 3.33. The second-order valence-corrected chi connectivity index (χ2v) is 6.00. The van der Waals surface area contributed by atoms with Crippen molar-refractivity contribution in [2.75, 3.05) is 14.2 Å². The van der Waals surface area contributed by atoms with Gasteiger partial charge in [-0.2, -0.15) is 0 Å². The van der Waals surface area contributed by atoms with Gasteiger partial charge in [-0.1, -0.05) is 12.1 Å². The summed E-state index contributed by atoms with van der Waals surface area (Å²) in [5, 5.41) is 10.5. The van der Waals surface area contributed by atoms with Crippen molar-refractivity contribution in [2.24, 2.45) is 4.99 Å². The number of carbonyl (C=O) groups is 1. The summed E-state index contributed by atoms with van der Waals surface area (Å²) in [6.45, 7) is 0. The van der Waals surface area contributed by atoms with Crippen LogP contribution in [0.4, 0.5) is 8.78 Å². The molecule has 0 atom stereocenters. The number of ether oxygens (including phenoxy) is 2. The first kappa shape index (κ1) is 17.7. The number of amides is 1. The van der Waals surface area contributed by atoms with Crippen LogP contribution in [0.15, 0.2) is 41.4 Å². The van der Waals surface area contributed by atoms with E-state index < -0.39 is 23.4 Å². The third kappa shape index (κ3) is 2.45. The van der Waals surface area contributed by atoms with Gasteiger partial charge >= 0.3 is 0 Å². The highest BCUT2D eigenvalue weighted by atomic mass is 19.1. The number of carbonyl (C=O) groups excluding carboxylic acids is 1. The van der Waals surface area contributed by atoms with Gasteiger partial charge in [0.2, 0.25) is 0 Å². The number of fused-ring (bicyclic) bond motifs is 1. The summed E-state index contributed by atoms with van der Waals surface area (Å²) >= 11 is 0. The molecule has 1 aliphatic rings. The van der Waals surface area contributed by atoms with Crippen LogP contribution in [0.1, 0.15) is 21.5 Å². The maximum Gasteiger partial charge on any atom is 0.280 e. The summed E-state index contributed by atoms with van der Waals surface area (Å²) in [6.07, 6.45) is 0. The molecule has 4 rings (SSSR count). The van der Waals surface area contributed by atoms with Gasteiger partial charge < -0.3 is 19.6 Å². The van der Waals surface area contributed by atoms with E-state index in [1.165, 1.54) is 50.6 Å². The number of hydrogen-bond acceptors (Lipinski definition) is 4. The number of H-pyrrole nitrogens is 1. The first-order chi connectivity index (χ1) is 13.5. The minimum Gasteiger partial charge on any atom is -0.496 e. The van der Waals surface area contributed by atoms with E-state index in [0.717, 1.165) is 0 Å². The zero-order chi connectivity index (χ0) is 20.0. The van der Waals surface area contributed by atoms with Crippen LogP contribution in [0.2, 0.25) is 0 Å². The summed E-state index contributed by atoms with van der Waals surface area (Å²) in [5.74, 6) is -2.21. The van der Waals surface area contributed by atoms with Gasteiger partial charge in [0.15, 0.2) is 5.88 Å². The number of methoxy groups -OCH3 is 2. The molecule has 6 nitrogen and oxygen atoms in total. The van der Waals surface area contributed by atoms with Crippen LogP contribution in [0.25, 0.3) is 11.3 Å². The molecule has 28 heavy (non-hydrogen) atoms. The average molecular weight is 384 g/mol. The zero-order valence-electron chi connectivity index (χ0n) is 14.8. The lowest BCUT2D eigenvalue weighted by Crippen LogP contribution is -2.06. The first-order valence-corrected chi connectivity index (χ1v) is 8.22. The van der Waals surface area contributed by atoms with Crippen LogP contribution in [0, 0.1) is 11.6 Å². The standard InChI is InChI=1S/C20H14F2N2O4/c1-27-11-7-3-5-9(21)13(11)17-15-16(20(26)23-17)18(24-19(15)25)14-10(22)6-4-8-12(14)28-2/h3-8,23,26H,1-2H3. The Balaban J connectivity index is 1.98. The lowest BCUT2D eigenvalue weighted by Gasteiger charge is -2.09. The molecule has 1 aliphatic heterocycles. The van der Waals surface area contributed by atoms with Gasteiger partial charge in [-0.3, -0.25) is 4.79 Å². The summed E-state index contributed by atoms with van der Waals surface area (Å²) in [6, 6.07) is 8.31. The normalized spacial score (nSPS) is 12.7. The number of aromatic amines is 1. The van der Waals surface area contributed by atoms with Gasteiger partial charge in [0.25, 0.3) is 5.91 Å². The van der Waals surface area contributed by atoms with E-state index in [1.54, 1.807) is 0 Å². The summed E-state index contributed by atoms with van der Waals surface area (Å²) in [7, 11) is 2.71. The van der Waals surface area contributed by atoms with Crippen molar-refractivity contribution in [1.82, 2.24) is 4.98 Å². The third-order valence-electron chi connectivity index (χ3n) is 4.52. The molecular weight excluding hydrogens is 370 g/mol. The smallest absolute Gasteiger partial charge is 0.280 e. The van der Waals surface area contributed by atoms with Gasteiger partial charge in [0.05, 0.1) is 47.9 Å². The van der Waals surface area contributed by atoms with Crippen molar-refractivity contribution in [3.63, 3.8) is 0 Å². The molecule has 3 aromatic rings. The van der Waals surface area contributed by atoms with Crippen molar-refractivity contribution < 1.29 is 28.2 Å². The first-order valence-electron chi connectivity index (χ1n) is 8.22. The second-order valence-electron chi connectivity index (χ2n) is 6.00. The van der Waals surface area contributed by atoms with Gasteiger partial charge in [-0.05, 0) is 24.3 Å². The van der Waals surface area contributed by atoms with Crippen LogP contribution >= 0.6 is 0 Å². The number of halogens is 2. The van der Waals surface area contributed by atoms with E-state index >= 15 is 0 Å². The van der Waals surface area contributed by atoms with E-state index in [2.05, 4.69) is 9.98 Å². The Labute approximate surface area is 158 Å². The number of aromatic hydroxyl groups is 1. The molecular formula is C20H14F2N2O4. The van der Waals surface area contributed by atoms with Crippen LogP contribution in [0.3, 0.4) is 0 Å². The summed E-state index contributed by atoms with van der Waals surface area (Å²) in [4.78, 5) is 19.1. The second kappa shape index (κ2) is 6.49. The van der Waals surface area contributed by atoms with Gasteiger partial charge in [0.1, 0.15) is 23.1 Å². The fourth-order valence-electron chi connectivity index (χ4n) is 3.33. The number of aromatic nitrogens is 1. The number of benzene rings is 2. The van der Waals surface area contributed by atoms with Gasteiger partial charge in [-0.15, -0.1) is 0 Å². The summed E-state index contributed by atoms with van der Waals surface area (Å²) in [5.41, 5.74) is -0.285. The molecule has 0 unspecified atom stereocenters. The van der Waals surface area contributed by atoms with E-state index in [4.69, 9.17) is 9.47 Å². The molecule has 0 saturated heterocycles. The molecule has 2 heterocycles. The zero-order valence-corrected chi connectivity index (χ0v) is 14.8. The third-order valence-corrected chi connectivity index (χ3v) is 4.52. The number of nitrogens with zero attached hydrogens (tertiary/aromatic N) is 1. The molecule has 0 spiro atoms. The van der Waals surface area contributed by atoms with Crippen molar-refractivity contribution in [1.29, 1.82) is 0 Å². The van der Waals surface area contributed by atoms with Gasteiger partial charge in [-0.25, -0.2) is 13.8 Å². The molecule has 8 heteroatoms. The largest absolute Gasteiger partial charge is 0.496 e. The van der Waals surface area contributed by atoms with Crippen molar-refractivity contribution in [3.8, 4) is 28.6 Å². The number of rotatable bonds is 4. The van der Waals surface area contributed by atoms with Crippen molar-refractivity contribution in [2.45, 2.75) is 0 Å². The highest BCUT2D eigenvalue weighted by molar-refractivity contribution is 6.31.